The van der Waals surface area contributed by atoms with E-state index in [4.69, 9.17) is 11.6 Å². The van der Waals surface area contributed by atoms with Gasteiger partial charge in [0, 0.05) is 28.0 Å². The van der Waals surface area contributed by atoms with Crippen molar-refractivity contribution >= 4 is 23.1 Å². The van der Waals surface area contributed by atoms with Gasteiger partial charge in [-0.15, -0.1) is 0 Å². The molecule has 0 aliphatic heterocycles. The van der Waals surface area contributed by atoms with Crippen molar-refractivity contribution in [2.45, 2.75) is 26.7 Å². The van der Waals surface area contributed by atoms with Crippen molar-refractivity contribution in [1.29, 1.82) is 0 Å². The van der Waals surface area contributed by atoms with E-state index in [0.717, 1.165) is 11.4 Å². The first-order valence-corrected chi connectivity index (χ1v) is 7.69. The molecular weight excluding hydrogens is 294 g/mol. The Morgan fingerprint density at radius 2 is 1.73 bits per heavy atom. The van der Waals surface area contributed by atoms with Crippen LogP contribution in [0.2, 0.25) is 5.02 Å². The summed E-state index contributed by atoms with van der Waals surface area (Å²) in [5.74, 6) is 0.382. The van der Waals surface area contributed by atoms with Crippen LogP contribution in [0.4, 0.5) is 5.69 Å². The Balaban J connectivity index is 2.16. The van der Waals surface area contributed by atoms with Crippen LogP contribution in [-0.2, 0) is 0 Å². The number of rotatable bonds is 5. The second kappa shape index (κ2) is 7.28. The van der Waals surface area contributed by atoms with E-state index in [1.54, 1.807) is 30.3 Å². The summed E-state index contributed by atoms with van der Waals surface area (Å²) in [6.45, 7) is 6.20. The maximum absolute atomic E-state index is 12.2. The minimum atomic E-state index is -0.0382. The molecular formula is C19H20ClNO. The largest absolute Gasteiger partial charge is 0.359 e. The summed E-state index contributed by atoms with van der Waals surface area (Å²) in [7, 11) is 0. The highest BCUT2D eigenvalue weighted by molar-refractivity contribution is 6.30. The lowest BCUT2D eigenvalue weighted by Gasteiger charge is -2.14. The van der Waals surface area contributed by atoms with E-state index in [0.29, 0.717) is 16.5 Å². The number of carbonyl (C=O) groups is 1. The zero-order valence-corrected chi connectivity index (χ0v) is 13.8. The Morgan fingerprint density at radius 3 is 2.36 bits per heavy atom. The number of carbonyl (C=O) groups excluding carboxylic acids is 1. The number of benzene rings is 2. The van der Waals surface area contributed by atoms with Gasteiger partial charge in [0.05, 0.1) is 0 Å². The van der Waals surface area contributed by atoms with Crippen molar-refractivity contribution in [2.75, 3.05) is 5.32 Å². The number of ketones is 1. The summed E-state index contributed by atoms with van der Waals surface area (Å²) in [4.78, 5) is 12.2. The SMILES string of the molecule is C/C(=C\C(=O)c1ccc(Cl)cc1)Nc1ccccc1C(C)C. The normalized spacial score (nSPS) is 11.6. The molecule has 0 saturated heterocycles. The van der Waals surface area contributed by atoms with Gasteiger partial charge in [-0.05, 0) is 48.7 Å². The molecule has 0 fully saturated rings. The maximum atomic E-state index is 12.2. The Labute approximate surface area is 136 Å². The number of para-hydroxylation sites is 1. The molecule has 0 heterocycles. The van der Waals surface area contributed by atoms with Crippen LogP contribution in [0, 0.1) is 0 Å². The van der Waals surface area contributed by atoms with Crippen molar-refractivity contribution in [1.82, 2.24) is 0 Å². The van der Waals surface area contributed by atoms with Gasteiger partial charge in [0.1, 0.15) is 0 Å². The van der Waals surface area contributed by atoms with Gasteiger partial charge >= 0.3 is 0 Å². The van der Waals surface area contributed by atoms with E-state index in [1.807, 2.05) is 25.1 Å². The smallest absolute Gasteiger partial charge is 0.187 e. The standard InChI is InChI=1S/C19H20ClNO/c1-13(2)17-6-4-5-7-18(17)21-14(3)12-19(22)15-8-10-16(20)11-9-15/h4-13,21H,1-3H3/b14-12+. The summed E-state index contributed by atoms with van der Waals surface area (Å²) in [6, 6.07) is 15.0. The molecule has 2 rings (SSSR count). The van der Waals surface area contributed by atoms with E-state index >= 15 is 0 Å². The van der Waals surface area contributed by atoms with Gasteiger partial charge in [0.2, 0.25) is 0 Å². The Kier molecular flexibility index (Phi) is 5.40. The molecule has 0 atom stereocenters. The van der Waals surface area contributed by atoms with Crippen LogP contribution in [0.25, 0.3) is 0 Å². The lowest BCUT2D eigenvalue weighted by Crippen LogP contribution is -2.04. The van der Waals surface area contributed by atoms with Crippen LogP contribution in [0.1, 0.15) is 42.6 Å². The maximum Gasteiger partial charge on any atom is 0.187 e. The second-order valence-electron chi connectivity index (χ2n) is 5.57. The van der Waals surface area contributed by atoms with Crippen molar-refractivity contribution in [3.8, 4) is 0 Å². The summed E-state index contributed by atoms with van der Waals surface area (Å²) < 4.78 is 0. The third kappa shape index (κ3) is 4.22. The molecule has 0 unspecified atom stereocenters. The molecule has 1 N–H and O–H groups in total. The number of hydrogen-bond acceptors (Lipinski definition) is 2. The predicted molar refractivity (Wildman–Crippen MR) is 93.7 cm³/mol. The van der Waals surface area contributed by atoms with Crippen LogP contribution < -0.4 is 5.32 Å². The quantitative estimate of drug-likeness (QED) is 0.570. The molecule has 0 saturated carbocycles. The third-order valence-corrected chi connectivity index (χ3v) is 3.64. The second-order valence-corrected chi connectivity index (χ2v) is 6.00. The number of allylic oxidation sites excluding steroid dienone is 2. The summed E-state index contributed by atoms with van der Waals surface area (Å²) in [5, 5.41) is 3.94. The number of hydrogen-bond donors (Lipinski definition) is 1. The summed E-state index contributed by atoms with van der Waals surface area (Å²) in [6.07, 6.45) is 1.61. The predicted octanol–water partition coefficient (Wildman–Crippen LogP) is 5.66. The lowest BCUT2D eigenvalue weighted by molar-refractivity contribution is 0.104. The molecule has 2 aromatic rings. The fourth-order valence-corrected chi connectivity index (χ4v) is 2.38. The highest BCUT2D eigenvalue weighted by Crippen LogP contribution is 2.24. The van der Waals surface area contributed by atoms with Crippen LogP contribution in [0.15, 0.2) is 60.3 Å². The van der Waals surface area contributed by atoms with Gasteiger partial charge < -0.3 is 5.32 Å². The molecule has 0 aliphatic rings. The minimum absolute atomic E-state index is 0.0382. The molecule has 22 heavy (non-hydrogen) atoms. The van der Waals surface area contributed by atoms with Crippen molar-refractivity contribution in [2.24, 2.45) is 0 Å². The summed E-state index contributed by atoms with van der Waals surface area (Å²) >= 11 is 5.84. The third-order valence-electron chi connectivity index (χ3n) is 3.39. The minimum Gasteiger partial charge on any atom is -0.359 e. The highest BCUT2D eigenvalue weighted by Gasteiger charge is 2.07. The topological polar surface area (TPSA) is 29.1 Å². The van der Waals surface area contributed by atoms with Crippen LogP contribution in [-0.4, -0.2) is 5.78 Å². The Bertz CT molecular complexity index is 687. The fourth-order valence-electron chi connectivity index (χ4n) is 2.26. The van der Waals surface area contributed by atoms with Gasteiger partial charge in [0.25, 0.3) is 0 Å². The molecule has 0 bridgehead atoms. The lowest BCUT2D eigenvalue weighted by atomic mass is 10.0. The zero-order valence-electron chi connectivity index (χ0n) is 13.1. The van der Waals surface area contributed by atoms with Gasteiger partial charge in [-0.1, -0.05) is 43.6 Å². The first kappa shape index (κ1) is 16.3. The zero-order chi connectivity index (χ0) is 16.1. The van der Waals surface area contributed by atoms with E-state index in [1.165, 1.54) is 5.56 Å². The molecule has 2 aromatic carbocycles. The van der Waals surface area contributed by atoms with Gasteiger partial charge in [-0.3, -0.25) is 4.79 Å². The van der Waals surface area contributed by atoms with Gasteiger partial charge in [-0.2, -0.15) is 0 Å². The highest BCUT2D eigenvalue weighted by atomic mass is 35.5. The monoisotopic (exact) mass is 313 g/mol. The Morgan fingerprint density at radius 1 is 1.09 bits per heavy atom. The fraction of sp³-hybridized carbons (Fsp3) is 0.211. The number of halogens is 1. The molecule has 0 radical (unpaired) electrons. The number of nitrogens with one attached hydrogen (secondary N) is 1. The van der Waals surface area contributed by atoms with Gasteiger partial charge in [0.15, 0.2) is 5.78 Å². The Hall–Kier alpha value is -2.06. The van der Waals surface area contributed by atoms with E-state index in [-0.39, 0.29) is 5.78 Å². The average molecular weight is 314 g/mol. The number of anilines is 1. The molecule has 0 spiro atoms. The molecule has 114 valence electrons. The van der Waals surface area contributed by atoms with Gasteiger partial charge in [-0.25, -0.2) is 0 Å². The molecule has 0 amide bonds. The van der Waals surface area contributed by atoms with Crippen LogP contribution >= 0.6 is 11.6 Å². The first-order chi connectivity index (χ1) is 10.5. The molecule has 0 aromatic heterocycles. The molecule has 2 nitrogen and oxygen atoms in total. The average Bonchev–Trinajstić information content (AvgIpc) is 2.48. The van der Waals surface area contributed by atoms with E-state index < -0.39 is 0 Å². The summed E-state index contributed by atoms with van der Waals surface area (Å²) in [5.41, 5.74) is 3.71. The van der Waals surface area contributed by atoms with Crippen LogP contribution in [0.5, 0.6) is 0 Å². The first-order valence-electron chi connectivity index (χ1n) is 7.31. The molecule has 0 aliphatic carbocycles. The van der Waals surface area contributed by atoms with E-state index in [2.05, 4.69) is 25.2 Å². The van der Waals surface area contributed by atoms with E-state index in [9.17, 15) is 4.79 Å². The van der Waals surface area contributed by atoms with Crippen molar-refractivity contribution in [3.05, 3.63) is 76.5 Å². The molecule has 3 heteroatoms. The van der Waals surface area contributed by atoms with Crippen LogP contribution in [0.3, 0.4) is 0 Å². The van der Waals surface area contributed by atoms with Crippen molar-refractivity contribution < 1.29 is 4.79 Å². The van der Waals surface area contributed by atoms with Crippen molar-refractivity contribution in [3.63, 3.8) is 0 Å².